The molecule has 0 saturated carbocycles. The molecule has 3 aromatic carbocycles. The van der Waals surface area contributed by atoms with Gasteiger partial charge in [-0.05, 0) is 37.6 Å². The highest BCUT2D eigenvalue weighted by molar-refractivity contribution is 7.26. The summed E-state index contributed by atoms with van der Waals surface area (Å²) in [6.45, 7) is 4.32. The summed E-state index contributed by atoms with van der Waals surface area (Å²) in [5.41, 5.74) is 5.13. The molecule has 0 fully saturated rings. The Balaban J connectivity index is 1.95. The minimum atomic E-state index is 1.22. The van der Waals surface area contributed by atoms with Gasteiger partial charge in [0.15, 0.2) is 0 Å². The zero-order valence-electron chi connectivity index (χ0n) is 13.6. The Hall–Kier alpha value is -2.32. The Kier molecular flexibility index (Phi) is 3.35. The van der Waals surface area contributed by atoms with E-state index in [2.05, 4.69) is 86.5 Å². The third-order valence-corrected chi connectivity index (χ3v) is 5.86. The number of rotatable bonds is 2. The van der Waals surface area contributed by atoms with Crippen LogP contribution in [0.15, 0.2) is 60.7 Å². The van der Waals surface area contributed by atoms with E-state index < -0.39 is 0 Å². The maximum Gasteiger partial charge on any atom is 0.0592 e. The van der Waals surface area contributed by atoms with Gasteiger partial charge < -0.3 is 4.90 Å². The van der Waals surface area contributed by atoms with Crippen molar-refractivity contribution in [1.29, 1.82) is 0 Å². The number of anilines is 2. The highest BCUT2D eigenvalue weighted by Crippen LogP contribution is 2.41. The fourth-order valence-electron chi connectivity index (χ4n) is 3.12. The monoisotopic (exact) mass is 317 g/mol. The lowest BCUT2D eigenvalue weighted by Crippen LogP contribution is -2.09. The van der Waals surface area contributed by atoms with Gasteiger partial charge in [-0.1, -0.05) is 48.0 Å². The van der Waals surface area contributed by atoms with Gasteiger partial charge >= 0.3 is 0 Å². The van der Waals surface area contributed by atoms with Crippen LogP contribution in [0.4, 0.5) is 11.4 Å². The minimum Gasteiger partial charge on any atom is -0.343 e. The first-order valence-electron chi connectivity index (χ1n) is 7.86. The fraction of sp³-hybridized carbons (Fsp3) is 0.143. The van der Waals surface area contributed by atoms with Gasteiger partial charge in [-0.3, -0.25) is 0 Å². The van der Waals surface area contributed by atoms with Gasteiger partial charge in [0.1, 0.15) is 0 Å². The number of aryl methyl sites for hydroxylation is 2. The second-order valence-electron chi connectivity index (χ2n) is 6.10. The molecule has 2 heteroatoms. The van der Waals surface area contributed by atoms with Crippen molar-refractivity contribution in [1.82, 2.24) is 0 Å². The van der Waals surface area contributed by atoms with Crippen molar-refractivity contribution < 1.29 is 0 Å². The first-order valence-corrected chi connectivity index (χ1v) is 8.68. The van der Waals surface area contributed by atoms with E-state index in [1.54, 1.807) is 0 Å². The summed E-state index contributed by atoms with van der Waals surface area (Å²) < 4.78 is 2.76. The van der Waals surface area contributed by atoms with Gasteiger partial charge in [0, 0.05) is 28.2 Å². The molecule has 4 rings (SSSR count). The molecule has 0 unspecified atom stereocenters. The van der Waals surface area contributed by atoms with Crippen LogP contribution in [0.5, 0.6) is 0 Å². The van der Waals surface area contributed by atoms with E-state index >= 15 is 0 Å². The van der Waals surface area contributed by atoms with Crippen LogP contribution in [0.3, 0.4) is 0 Å². The largest absolute Gasteiger partial charge is 0.343 e. The first kappa shape index (κ1) is 14.3. The summed E-state index contributed by atoms with van der Waals surface area (Å²) in [5.74, 6) is 0. The Bertz CT molecular complexity index is 996. The van der Waals surface area contributed by atoms with Gasteiger partial charge in [0.05, 0.1) is 10.4 Å². The third kappa shape index (κ3) is 2.30. The predicted octanol–water partition coefficient (Wildman–Crippen LogP) is 6.44. The Morgan fingerprint density at radius 1 is 0.739 bits per heavy atom. The molecule has 0 aliphatic rings. The lowest BCUT2D eigenvalue weighted by atomic mass is 10.1. The molecule has 114 valence electrons. The number of nitrogens with zero attached hydrogens (tertiary/aromatic N) is 1. The predicted molar refractivity (Wildman–Crippen MR) is 103 cm³/mol. The highest BCUT2D eigenvalue weighted by atomic mass is 32.1. The van der Waals surface area contributed by atoms with Crippen molar-refractivity contribution in [2.24, 2.45) is 0 Å². The second-order valence-corrected chi connectivity index (χ2v) is 7.12. The Morgan fingerprint density at radius 3 is 2.13 bits per heavy atom. The SMILES string of the molecule is Cc1ccc(N(C)c2cccc3c2sc2c(C)cccc23)cc1. The normalized spacial score (nSPS) is 11.3. The zero-order valence-corrected chi connectivity index (χ0v) is 14.4. The molecular weight excluding hydrogens is 298 g/mol. The van der Waals surface area contributed by atoms with Crippen LogP contribution >= 0.6 is 11.3 Å². The zero-order chi connectivity index (χ0) is 16.0. The van der Waals surface area contributed by atoms with Gasteiger partial charge in [-0.15, -0.1) is 11.3 Å². The van der Waals surface area contributed by atoms with Crippen LogP contribution < -0.4 is 4.90 Å². The van der Waals surface area contributed by atoms with E-state index in [-0.39, 0.29) is 0 Å². The number of hydrogen-bond donors (Lipinski definition) is 0. The third-order valence-electron chi connectivity index (χ3n) is 4.48. The molecule has 0 spiro atoms. The number of hydrogen-bond acceptors (Lipinski definition) is 2. The molecule has 23 heavy (non-hydrogen) atoms. The van der Waals surface area contributed by atoms with Gasteiger partial charge in [0.25, 0.3) is 0 Å². The average Bonchev–Trinajstić information content (AvgIpc) is 2.95. The molecule has 0 bridgehead atoms. The van der Waals surface area contributed by atoms with E-state index in [0.717, 1.165) is 0 Å². The van der Waals surface area contributed by atoms with E-state index in [4.69, 9.17) is 0 Å². The lowest BCUT2D eigenvalue weighted by molar-refractivity contribution is 1.22. The van der Waals surface area contributed by atoms with Crippen LogP contribution in [0.1, 0.15) is 11.1 Å². The summed E-state index contributed by atoms with van der Waals surface area (Å²) in [4.78, 5) is 2.28. The summed E-state index contributed by atoms with van der Waals surface area (Å²) in [6.07, 6.45) is 0. The molecule has 0 saturated heterocycles. The van der Waals surface area contributed by atoms with E-state index in [9.17, 15) is 0 Å². The molecule has 0 radical (unpaired) electrons. The first-order chi connectivity index (χ1) is 11.1. The van der Waals surface area contributed by atoms with E-state index in [1.165, 1.54) is 42.7 Å². The van der Waals surface area contributed by atoms with E-state index in [1.807, 2.05) is 11.3 Å². The molecule has 1 aromatic heterocycles. The summed E-state index contributed by atoms with van der Waals surface area (Å²) in [7, 11) is 2.15. The number of benzene rings is 3. The van der Waals surface area contributed by atoms with Crippen LogP contribution in [0.2, 0.25) is 0 Å². The molecule has 0 amide bonds. The lowest BCUT2D eigenvalue weighted by Gasteiger charge is -2.20. The standard InChI is InChI=1S/C21H19NS/c1-14-10-12-16(13-11-14)22(3)19-9-5-8-18-17-7-4-6-15(2)20(17)23-21(18)19/h4-13H,1-3H3. The van der Waals surface area contributed by atoms with Crippen molar-refractivity contribution in [2.45, 2.75) is 13.8 Å². The fourth-order valence-corrected chi connectivity index (χ4v) is 4.44. The maximum atomic E-state index is 2.28. The van der Waals surface area contributed by atoms with Crippen molar-refractivity contribution in [3.8, 4) is 0 Å². The highest BCUT2D eigenvalue weighted by Gasteiger charge is 2.13. The molecule has 0 aliphatic heterocycles. The Morgan fingerprint density at radius 2 is 1.39 bits per heavy atom. The molecule has 0 atom stereocenters. The summed E-state index contributed by atoms with van der Waals surface area (Å²) in [5, 5.41) is 2.72. The van der Waals surface area contributed by atoms with Crippen molar-refractivity contribution in [3.05, 3.63) is 71.8 Å². The summed E-state index contributed by atoms with van der Waals surface area (Å²) >= 11 is 1.90. The van der Waals surface area contributed by atoms with E-state index in [0.29, 0.717) is 0 Å². The Labute approximate surface area is 140 Å². The minimum absolute atomic E-state index is 1.22. The van der Waals surface area contributed by atoms with Crippen LogP contribution in [0.25, 0.3) is 20.2 Å². The van der Waals surface area contributed by atoms with Gasteiger partial charge in [-0.25, -0.2) is 0 Å². The van der Waals surface area contributed by atoms with Gasteiger partial charge in [0.2, 0.25) is 0 Å². The molecular formula is C21H19NS. The van der Waals surface area contributed by atoms with Gasteiger partial charge in [-0.2, -0.15) is 0 Å². The summed E-state index contributed by atoms with van der Waals surface area (Å²) in [6, 6.07) is 21.9. The van der Waals surface area contributed by atoms with Crippen molar-refractivity contribution in [2.75, 3.05) is 11.9 Å². The van der Waals surface area contributed by atoms with Crippen LogP contribution in [-0.4, -0.2) is 7.05 Å². The second kappa shape index (κ2) is 5.39. The van der Waals surface area contributed by atoms with Crippen LogP contribution in [-0.2, 0) is 0 Å². The van der Waals surface area contributed by atoms with Crippen molar-refractivity contribution >= 4 is 42.9 Å². The topological polar surface area (TPSA) is 3.24 Å². The smallest absolute Gasteiger partial charge is 0.0592 e. The average molecular weight is 317 g/mol. The molecule has 1 heterocycles. The number of thiophene rings is 1. The quantitative estimate of drug-likeness (QED) is 0.411. The number of fused-ring (bicyclic) bond motifs is 3. The van der Waals surface area contributed by atoms with Crippen LogP contribution in [0, 0.1) is 13.8 Å². The molecule has 4 aromatic rings. The maximum absolute atomic E-state index is 2.28. The molecule has 1 nitrogen and oxygen atoms in total. The van der Waals surface area contributed by atoms with Crippen molar-refractivity contribution in [3.63, 3.8) is 0 Å². The molecule has 0 N–H and O–H groups in total. The molecule has 0 aliphatic carbocycles.